The summed E-state index contributed by atoms with van der Waals surface area (Å²) in [4.78, 5) is 38.8. The van der Waals surface area contributed by atoms with E-state index in [0.717, 1.165) is 43.9 Å². The number of carbonyl (C=O) groups excluding carboxylic acids is 2. The van der Waals surface area contributed by atoms with E-state index in [2.05, 4.69) is 42.1 Å². The number of H-pyrrole nitrogens is 1. The second-order valence-electron chi connectivity index (χ2n) is 11.4. The SMILES string of the molecule is COc1cc2c3c(c1)C(c1c(-c4ccccc4)[nH]c(C)c1C(=O)Nc1nc4ccccc4s1)C(=O)N3C(C)(C)C=C2C. The normalized spacial score (nSPS) is 16.9. The van der Waals surface area contributed by atoms with Gasteiger partial charge in [0.15, 0.2) is 5.13 Å². The molecule has 1 atom stereocenters. The number of methoxy groups -OCH3 is 1. The number of rotatable bonds is 5. The van der Waals surface area contributed by atoms with Gasteiger partial charge in [0.05, 0.1) is 45.7 Å². The molecule has 210 valence electrons. The van der Waals surface area contributed by atoms with E-state index in [1.54, 1.807) is 7.11 Å². The third-order valence-electron chi connectivity index (χ3n) is 8.24. The lowest BCUT2D eigenvalue weighted by Gasteiger charge is -2.39. The van der Waals surface area contributed by atoms with E-state index in [0.29, 0.717) is 27.7 Å². The molecule has 1 unspecified atom stereocenters. The molecule has 2 amide bonds. The molecule has 0 aliphatic carbocycles. The standard InChI is InChI=1S/C34H30N4O3S/c1-18-17-34(3,4)38-30-22(18)15-21(41-5)16-23(30)27(32(38)40)28-26(19(2)35-29(28)20-11-7-6-8-12-20)31(39)37-33-36-24-13-9-10-14-25(24)42-33/h6-17,27,35H,1-5H3,(H,36,37,39). The van der Waals surface area contributed by atoms with E-state index in [1.807, 2.05) is 78.6 Å². The average Bonchev–Trinajstić information content (AvgIpc) is 3.62. The molecule has 0 bridgehead atoms. The van der Waals surface area contributed by atoms with Gasteiger partial charge in [-0.2, -0.15) is 0 Å². The number of carbonyl (C=O) groups is 2. The van der Waals surface area contributed by atoms with E-state index in [-0.39, 0.29) is 11.8 Å². The maximum Gasteiger partial charge on any atom is 0.259 e. The number of para-hydroxylation sites is 1. The molecular weight excluding hydrogens is 544 g/mol. The largest absolute Gasteiger partial charge is 0.497 e. The first-order valence-electron chi connectivity index (χ1n) is 13.9. The molecule has 0 fully saturated rings. The lowest BCUT2D eigenvalue weighted by Crippen LogP contribution is -2.47. The summed E-state index contributed by atoms with van der Waals surface area (Å²) < 4.78 is 6.70. The number of nitrogens with one attached hydrogen (secondary N) is 2. The maximum atomic E-state index is 14.6. The van der Waals surface area contributed by atoms with Gasteiger partial charge in [-0.05, 0) is 68.7 Å². The number of thiazole rings is 1. The topological polar surface area (TPSA) is 87.3 Å². The number of ether oxygens (including phenoxy) is 1. The zero-order valence-electron chi connectivity index (χ0n) is 24.0. The number of allylic oxidation sites excluding steroid dienone is 1. The average molecular weight is 575 g/mol. The zero-order valence-corrected chi connectivity index (χ0v) is 24.8. The Morgan fingerprint density at radius 1 is 1.07 bits per heavy atom. The Bertz CT molecular complexity index is 1920. The van der Waals surface area contributed by atoms with E-state index >= 15 is 0 Å². The molecule has 2 N–H and O–H groups in total. The van der Waals surface area contributed by atoms with Crippen LogP contribution in [0, 0.1) is 6.92 Å². The predicted molar refractivity (Wildman–Crippen MR) is 169 cm³/mol. The van der Waals surface area contributed by atoms with Crippen LogP contribution in [-0.2, 0) is 4.79 Å². The summed E-state index contributed by atoms with van der Waals surface area (Å²) in [5.41, 5.74) is 7.48. The van der Waals surface area contributed by atoms with Crippen LogP contribution in [0.5, 0.6) is 5.75 Å². The number of aromatic amines is 1. The molecule has 0 radical (unpaired) electrons. The zero-order chi connectivity index (χ0) is 29.3. The van der Waals surface area contributed by atoms with Crippen LogP contribution in [0.15, 0.2) is 72.8 Å². The second kappa shape index (κ2) is 9.42. The molecule has 2 aliphatic heterocycles. The Labute approximate surface area is 247 Å². The predicted octanol–water partition coefficient (Wildman–Crippen LogP) is 7.53. The number of aromatic nitrogens is 2. The van der Waals surface area contributed by atoms with Gasteiger partial charge >= 0.3 is 0 Å². The van der Waals surface area contributed by atoms with Gasteiger partial charge in [-0.15, -0.1) is 0 Å². The Morgan fingerprint density at radius 3 is 2.55 bits per heavy atom. The van der Waals surface area contributed by atoms with Crippen LogP contribution in [0.1, 0.15) is 59.4 Å². The molecule has 4 heterocycles. The first-order valence-corrected chi connectivity index (χ1v) is 14.7. The molecule has 0 saturated carbocycles. The smallest absolute Gasteiger partial charge is 0.259 e. The molecule has 2 aromatic heterocycles. The van der Waals surface area contributed by atoms with Crippen molar-refractivity contribution in [2.75, 3.05) is 17.3 Å². The van der Waals surface area contributed by atoms with Gasteiger partial charge in [0.2, 0.25) is 5.91 Å². The van der Waals surface area contributed by atoms with Gasteiger partial charge in [0, 0.05) is 16.8 Å². The second-order valence-corrected chi connectivity index (χ2v) is 12.5. The molecule has 3 aromatic carbocycles. The summed E-state index contributed by atoms with van der Waals surface area (Å²) in [6.45, 7) is 8.05. The fourth-order valence-corrected chi connectivity index (χ4v) is 7.42. The molecular formula is C34H30N4O3S. The van der Waals surface area contributed by atoms with E-state index in [4.69, 9.17) is 4.74 Å². The Hall–Kier alpha value is -4.69. The van der Waals surface area contributed by atoms with Crippen molar-refractivity contribution < 1.29 is 14.3 Å². The Morgan fingerprint density at radius 2 is 1.81 bits per heavy atom. The van der Waals surface area contributed by atoms with Crippen LogP contribution < -0.4 is 15.0 Å². The van der Waals surface area contributed by atoms with Crippen molar-refractivity contribution in [3.05, 3.63) is 101 Å². The van der Waals surface area contributed by atoms with Crippen LogP contribution in [-0.4, -0.2) is 34.4 Å². The molecule has 5 aromatic rings. The number of aryl methyl sites for hydroxylation is 1. The van der Waals surface area contributed by atoms with Crippen molar-refractivity contribution in [1.82, 2.24) is 9.97 Å². The Balaban J connectivity index is 1.45. The first-order chi connectivity index (χ1) is 20.2. The van der Waals surface area contributed by atoms with E-state index in [1.165, 1.54) is 11.3 Å². The van der Waals surface area contributed by atoms with Gasteiger partial charge in [-0.25, -0.2) is 4.98 Å². The minimum atomic E-state index is -0.719. The third kappa shape index (κ3) is 3.89. The number of hydrogen-bond acceptors (Lipinski definition) is 5. The van der Waals surface area contributed by atoms with Crippen LogP contribution in [0.2, 0.25) is 0 Å². The summed E-state index contributed by atoms with van der Waals surface area (Å²) >= 11 is 1.42. The summed E-state index contributed by atoms with van der Waals surface area (Å²) in [5, 5.41) is 3.55. The number of benzene rings is 3. The monoisotopic (exact) mass is 574 g/mol. The molecule has 0 spiro atoms. The van der Waals surface area contributed by atoms with Crippen molar-refractivity contribution in [3.8, 4) is 17.0 Å². The fraction of sp³-hybridized carbons (Fsp3) is 0.206. The molecule has 7 nitrogen and oxygen atoms in total. The third-order valence-corrected chi connectivity index (χ3v) is 9.19. The molecule has 0 saturated heterocycles. The van der Waals surface area contributed by atoms with Crippen molar-refractivity contribution in [2.45, 2.75) is 39.2 Å². The van der Waals surface area contributed by atoms with Crippen molar-refractivity contribution in [2.24, 2.45) is 0 Å². The van der Waals surface area contributed by atoms with Crippen molar-refractivity contribution >= 4 is 49.8 Å². The summed E-state index contributed by atoms with van der Waals surface area (Å²) in [7, 11) is 1.64. The van der Waals surface area contributed by atoms with Gasteiger partial charge in [0.25, 0.3) is 5.91 Å². The first kappa shape index (κ1) is 26.2. The van der Waals surface area contributed by atoms with Gasteiger partial charge < -0.3 is 14.6 Å². The van der Waals surface area contributed by atoms with Crippen LogP contribution in [0.4, 0.5) is 10.8 Å². The van der Waals surface area contributed by atoms with Gasteiger partial charge in [0.1, 0.15) is 5.75 Å². The Kier molecular flexibility index (Phi) is 5.88. The van der Waals surface area contributed by atoms with E-state index < -0.39 is 11.5 Å². The minimum Gasteiger partial charge on any atom is -0.497 e. The number of fused-ring (bicyclic) bond motifs is 1. The lowest BCUT2D eigenvalue weighted by atomic mass is 9.85. The van der Waals surface area contributed by atoms with Crippen molar-refractivity contribution in [1.29, 1.82) is 0 Å². The minimum absolute atomic E-state index is 0.0709. The van der Waals surface area contributed by atoms with Gasteiger partial charge in [-0.1, -0.05) is 59.9 Å². The highest BCUT2D eigenvalue weighted by Gasteiger charge is 2.50. The maximum absolute atomic E-state index is 14.6. The highest BCUT2D eigenvalue weighted by Crippen LogP contribution is 2.54. The number of amides is 2. The number of hydrogen-bond donors (Lipinski definition) is 2. The number of anilines is 2. The molecule has 7 rings (SSSR count). The highest BCUT2D eigenvalue weighted by atomic mass is 32.1. The van der Waals surface area contributed by atoms with Crippen LogP contribution in [0.3, 0.4) is 0 Å². The quantitative estimate of drug-likeness (QED) is 0.227. The highest BCUT2D eigenvalue weighted by molar-refractivity contribution is 7.22. The molecule has 2 aliphatic rings. The van der Waals surface area contributed by atoms with Gasteiger partial charge in [-0.3, -0.25) is 14.9 Å². The van der Waals surface area contributed by atoms with Crippen LogP contribution >= 0.6 is 11.3 Å². The fourth-order valence-electron chi connectivity index (χ4n) is 6.56. The molecule has 8 heteroatoms. The summed E-state index contributed by atoms with van der Waals surface area (Å²) in [5.74, 6) is -0.425. The van der Waals surface area contributed by atoms with Crippen LogP contribution in [0.25, 0.3) is 27.0 Å². The molecule has 42 heavy (non-hydrogen) atoms. The summed E-state index contributed by atoms with van der Waals surface area (Å²) in [6, 6.07) is 21.6. The summed E-state index contributed by atoms with van der Waals surface area (Å²) in [6.07, 6.45) is 2.13. The van der Waals surface area contributed by atoms with E-state index in [9.17, 15) is 9.59 Å². The van der Waals surface area contributed by atoms with Crippen molar-refractivity contribution in [3.63, 3.8) is 0 Å². The number of nitrogens with zero attached hydrogens (tertiary/aromatic N) is 2. The lowest BCUT2D eigenvalue weighted by molar-refractivity contribution is -0.119.